The second kappa shape index (κ2) is 6.91. The largest absolute Gasteiger partial charge is 0.507 e. The van der Waals surface area contributed by atoms with Gasteiger partial charge in [-0.3, -0.25) is 0 Å². The van der Waals surface area contributed by atoms with E-state index in [-0.39, 0.29) is 0 Å². The number of hydrogen-bond donors (Lipinski definition) is 1. The average Bonchev–Trinajstić information content (AvgIpc) is 2.59. The minimum absolute atomic E-state index is 0.396. The fourth-order valence-corrected chi connectivity index (χ4v) is 3.23. The molecule has 1 aliphatic heterocycles. The Morgan fingerprint density at radius 3 is 2.00 bits per heavy atom. The van der Waals surface area contributed by atoms with Crippen molar-refractivity contribution in [2.75, 3.05) is 18.0 Å². The first kappa shape index (κ1) is 15.7. The van der Waals surface area contributed by atoms with Gasteiger partial charge in [0.15, 0.2) is 0 Å². The lowest BCUT2D eigenvalue weighted by Crippen LogP contribution is -2.29. The Hall–Kier alpha value is -2.22. The van der Waals surface area contributed by atoms with E-state index in [1.54, 1.807) is 0 Å². The molecule has 2 heteroatoms. The molecule has 1 heterocycles. The Morgan fingerprint density at radius 1 is 0.826 bits per heavy atom. The van der Waals surface area contributed by atoms with E-state index in [2.05, 4.69) is 41.3 Å². The topological polar surface area (TPSA) is 23.5 Å². The monoisotopic (exact) mass is 307 g/mol. The van der Waals surface area contributed by atoms with E-state index < -0.39 is 0 Å². The van der Waals surface area contributed by atoms with Gasteiger partial charge in [-0.05, 0) is 79.6 Å². The molecule has 2 aromatic carbocycles. The summed E-state index contributed by atoms with van der Waals surface area (Å²) in [4.78, 5) is 2.48. The molecular formula is C21H25NO. The molecule has 0 amide bonds. The summed E-state index contributed by atoms with van der Waals surface area (Å²) in [5, 5.41) is 9.84. The highest BCUT2D eigenvalue weighted by molar-refractivity contribution is 5.71. The third kappa shape index (κ3) is 3.76. The predicted molar refractivity (Wildman–Crippen MR) is 99.0 cm³/mol. The number of benzene rings is 2. The van der Waals surface area contributed by atoms with Crippen LogP contribution in [0.15, 0.2) is 36.4 Å². The number of aromatic hydroxyl groups is 1. The molecule has 1 saturated heterocycles. The summed E-state index contributed by atoms with van der Waals surface area (Å²) < 4.78 is 0. The van der Waals surface area contributed by atoms with Crippen molar-refractivity contribution in [1.82, 2.24) is 0 Å². The van der Waals surface area contributed by atoms with Gasteiger partial charge in [-0.2, -0.15) is 0 Å². The van der Waals surface area contributed by atoms with Gasteiger partial charge in [0.25, 0.3) is 0 Å². The summed E-state index contributed by atoms with van der Waals surface area (Å²) in [5.41, 5.74) is 5.50. The Labute approximate surface area is 139 Å². The van der Waals surface area contributed by atoms with E-state index in [0.29, 0.717) is 5.75 Å². The van der Waals surface area contributed by atoms with Crippen LogP contribution in [0.1, 0.15) is 41.5 Å². The molecule has 0 saturated carbocycles. The maximum Gasteiger partial charge on any atom is 0.121 e. The van der Waals surface area contributed by atoms with Crippen LogP contribution in [0.25, 0.3) is 12.2 Å². The SMILES string of the molecule is Cc1cc(/C=C/c2ccc(N3CCCCC3)cc2)cc(C)c1O. The van der Waals surface area contributed by atoms with Crippen LogP contribution in [0, 0.1) is 13.8 Å². The van der Waals surface area contributed by atoms with Crippen molar-refractivity contribution in [3.8, 4) is 5.75 Å². The zero-order valence-electron chi connectivity index (χ0n) is 14.0. The molecule has 0 unspecified atom stereocenters. The van der Waals surface area contributed by atoms with Crippen molar-refractivity contribution in [3.05, 3.63) is 58.7 Å². The lowest BCUT2D eigenvalue weighted by Gasteiger charge is -2.28. The summed E-state index contributed by atoms with van der Waals surface area (Å²) in [5.74, 6) is 0.396. The molecule has 1 N–H and O–H groups in total. The molecule has 120 valence electrons. The quantitative estimate of drug-likeness (QED) is 0.791. The van der Waals surface area contributed by atoms with Crippen molar-refractivity contribution >= 4 is 17.8 Å². The normalized spacial score (nSPS) is 15.3. The van der Waals surface area contributed by atoms with Crippen molar-refractivity contribution < 1.29 is 5.11 Å². The van der Waals surface area contributed by atoms with Crippen LogP contribution in [0.4, 0.5) is 5.69 Å². The van der Waals surface area contributed by atoms with Gasteiger partial charge in [0.05, 0.1) is 0 Å². The Kier molecular flexibility index (Phi) is 4.71. The first-order valence-corrected chi connectivity index (χ1v) is 8.47. The van der Waals surface area contributed by atoms with Gasteiger partial charge in [0.1, 0.15) is 5.75 Å². The van der Waals surface area contributed by atoms with E-state index in [9.17, 15) is 5.11 Å². The number of phenols is 1. The van der Waals surface area contributed by atoms with Gasteiger partial charge in [-0.1, -0.05) is 24.3 Å². The standard InChI is InChI=1S/C21H25NO/c1-16-14-19(15-17(2)21(16)23)7-6-18-8-10-20(11-9-18)22-12-4-3-5-13-22/h6-11,14-15,23H,3-5,12-13H2,1-2H3/b7-6+. The van der Waals surface area contributed by atoms with Crippen LogP contribution in [0.5, 0.6) is 5.75 Å². The fourth-order valence-electron chi connectivity index (χ4n) is 3.23. The van der Waals surface area contributed by atoms with Gasteiger partial charge < -0.3 is 10.0 Å². The van der Waals surface area contributed by atoms with Crippen molar-refractivity contribution in [2.45, 2.75) is 33.1 Å². The van der Waals surface area contributed by atoms with Gasteiger partial charge in [-0.15, -0.1) is 0 Å². The van der Waals surface area contributed by atoms with Crippen LogP contribution >= 0.6 is 0 Å². The summed E-state index contributed by atoms with van der Waals surface area (Å²) in [6.45, 7) is 6.24. The third-order valence-electron chi connectivity index (χ3n) is 4.60. The molecule has 0 atom stereocenters. The zero-order valence-corrected chi connectivity index (χ0v) is 14.0. The smallest absolute Gasteiger partial charge is 0.121 e. The minimum Gasteiger partial charge on any atom is -0.507 e. The third-order valence-corrected chi connectivity index (χ3v) is 4.60. The molecule has 23 heavy (non-hydrogen) atoms. The van der Waals surface area contributed by atoms with Crippen molar-refractivity contribution in [3.63, 3.8) is 0 Å². The molecule has 2 nitrogen and oxygen atoms in total. The second-order valence-corrected chi connectivity index (χ2v) is 6.48. The van der Waals surface area contributed by atoms with Crippen LogP contribution in [0.3, 0.4) is 0 Å². The molecule has 1 aliphatic rings. The highest BCUT2D eigenvalue weighted by atomic mass is 16.3. The van der Waals surface area contributed by atoms with E-state index >= 15 is 0 Å². The number of nitrogens with zero attached hydrogens (tertiary/aromatic N) is 1. The lowest BCUT2D eigenvalue weighted by molar-refractivity contribution is 0.467. The number of piperidine rings is 1. The summed E-state index contributed by atoms with van der Waals surface area (Å²) in [6.07, 6.45) is 8.21. The van der Waals surface area contributed by atoms with E-state index in [1.165, 1.54) is 43.6 Å². The van der Waals surface area contributed by atoms with Crippen LogP contribution in [-0.2, 0) is 0 Å². The molecule has 0 radical (unpaired) electrons. The second-order valence-electron chi connectivity index (χ2n) is 6.48. The van der Waals surface area contributed by atoms with Crippen molar-refractivity contribution in [2.24, 2.45) is 0 Å². The maximum absolute atomic E-state index is 9.84. The molecular weight excluding hydrogens is 282 g/mol. The number of aryl methyl sites for hydroxylation is 2. The van der Waals surface area contributed by atoms with E-state index in [1.807, 2.05) is 26.0 Å². The molecule has 0 aromatic heterocycles. The number of anilines is 1. The number of hydrogen-bond acceptors (Lipinski definition) is 2. The highest BCUT2D eigenvalue weighted by Crippen LogP contribution is 2.24. The fraction of sp³-hybridized carbons (Fsp3) is 0.333. The minimum atomic E-state index is 0.396. The Bertz CT molecular complexity index is 671. The van der Waals surface area contributed by atoms with Gasteiger partial charge in [0.2, 0.25) is 0 Å². The first-order valence-electron chi connectivity index (χ1n) is 8.47. The molecule has 2 aromatic rings. The Morgan fingerprint density at radius 2 is 1.39 bits per heavy atom. The van der Waals surface area contributed by atoms with Crippen LogP contribution < -0.4 is 4.90 Å². The first-order chi connectivity index (χ1) is 11.1. The van der Waals surface area contributed by atoms with Crippen LogP contribution in [-0.4, -0.2) is 18.2 Å². The molecule has 1 fully saturated rings. The predicted octanol–water partition coefficient (Wildman–Crippen LogP) is 5.17. The summed E-state index contributed by atoms with van der Waals surface area (Å²) >= 11 is 0. The molecule has 0 bridgehead atoms. The van der Waals surface area contributed by atoms with Gasteiger partial charge in [-0.25, -0.2) is 0 Å². The average molecular weight is 307 g/mol. The molecule has 3 rings (SSSR count). The Balaban J connectivity index is 1.72. The van der Waals surface area contributed by atoms with E-state index in [0.717, 1.165) is 16.7 Å². The van der Waals surface area contributed by atoms with Crippen molar-refractivity contribution in [1.29, 1.82) is 0 Å². The summed E-state index contributed by atoms with van der Waals surface area (Å²) in [7, 11) is 0. The molecule has 0 spiro atoms. The lowest BCUT2D eigenvalue weighted by atomic mass is 10.0. The summed E-state index contributed by atoms with van der Waals surface area (Å²) in [6, 6.07) is 12.8. The van der Waals surface area contributed by atoms with Gasteiger partial charge in [0, 0.05) is 18.8 Å². The number of phenolic OH excluding ortho intramolecular Hbond substituents is 1. The van der Waals surface area contributed by atoms with Gasteiger partial charge >= 0.3 is 0 Å². The maximum atomic E-state index is 9.84. The van der Waals surface area contributed by atoms with E-state index in [4.69, 9.17) is 0 Å². The zero-order chi connectivity index (χ0) is 16.2. The highest BCUT2D eigenvalue weighted by Gasteiger charge is 2.10. The van der Waals surface area contributed by atoms with Crippen LogP contribution in [0.2, 0.25) is 0 Å². The molecule has 0 aliphatic carbocycles. The number of rotatable bonds is 3.